The average Bonchev–Trinajstić information content (AvgIpc) is 3.02. The van der Waals surface area contributed by atoms with Crippen LogP contribution in [-0.4, -0.2) is 24.1 Å². The largest absolute Gasteiger partial charge is 0.380 e. The van der Waals surface area contributed by atoms with Crippen molar-refractivity contribution in [1.29, 1.82) is 0 Å². The number of nitrogens with one attached hydrogen (secondary N) is 1. The summed E-state index contributed by atoms with van der Waals surface area (Å²) >= 11 is 0. The molecule has 0 aliphatic heterocycles. The Balaban J connectivity index is 1.51. The van der Waals surface area contributed by atoms with Gasteiger partial charge in [-0.3, -0.25) is 4.79 Å². The topological polar surface area (TPSA) is 43.3 Å². The van der Waals surface area contributed by atoms with E-state index in [1.54, 1.807) is 7.11 Å². The van der Waals surface area contributed by atoms with Gasteiger partial charge >= 0.3 is 0 Å². The lowest BCUT2D eigenvalue weighted by Gasteiger charge is -2.08. The summed E-state index contributed by atoms with van der Waals surface area (Å²) in [5.41, 5.74) is 2.91. The van der Waals surface area contributed by atoms with Crippen LogP contribution in [0.25, 0.3) is 10.9 Å². The second-order valence-corrected chi connectivity index (χ2v) is 5.81. The number of hydrogen-bond acceptors (Lipinski definition) is 2. The van der Waals surface area contributed by atoms with Crippen LogP contribution in [0.3, 0.4) is 0 Å². The van der Waals surface area contributed by atoms with E-state index < -0.39 is 0 Å². The van der Waals surface area contributed by atoms with Crippen LogP contribution in [0.5, 0.6) is 0 Å². The normalized spacial score (nSPS) is 10.9. The Morgan fingerprint density at radius 1 is 1.12 bits per heavy atom. The molecule has 24 heavy (non-hydrogen) atoms. The number of methoxy groups -OCH3 is 1. The molecule has 0 spiro atoms. The van der Waals surface area contributed by atoms with Crippen molar-refractivity contribution in [2.75, 3.05) is 13.7 Å². The molecule has 4 heteroatoms. The number of amides is 1. The van der Waals surface area contributed by atoms with Crippen LogP contribution in [0, 0.1) is 0 Å². The molecule has 1 N–H and O–H groups in total. The lowest BCUT2D eigenvalue weighted by Crippen LogP contribution is -2.25. The van der Waals surface area contributed by atoms with Gasteiger partial charge in [0, 0.05) is 37.5 Å². The number of carbonyl (C=O) groups excluding carboxylic acids is 1. The number of nitrogens with zero attached hydrogens (tertiary/aromatic N) is 1. The van der Waals surface area contributed by atoms with E-state index in [2.05, 4.69) is 34.3 Å². The number of hydrogen-bond donors (Lipinski definition) is 1. The molecule has 1 heterocycles. The summed E-state index contributed by atoms with van der Waals surface area (Å²) in [5, 5.41) is 4.23. The Morgan fingerprint density at radius 3 is 2.88 bits per heavy atom. The predicted molar refractivity (Wildman–Crippen MR) is 96.0 cm³/mol. The molecule has 3 rings (SSSR count). The van der Waals surface area contributed by atoms with Crippen LogP contribution in [0.2, 0.25) is 0 Å². The van der Waals surface area contributed by atoms with E-state index in [1.807, 2.05) is 36.4 Å². The van der Waals surface area contributed by atoms with E-state index in [9.17, 15) is 4.79 Å². The molecule has 1 amide bonds. The van der Waals surface area contributed by atoms with Gasteiger partial charge in [-0.1, -0.05) is 30.3 Å². The lowest BCUT2D eigenvalue weighted by atomic mass is 10.1. The standard InChI is InChI=1S/C20H22N2O2/c1-24-15-16-6-4-8-18(14-16)20(23)21-11-5-12-22-13-10-17-7-2-3-9-19(17)22/h2-4,6-10,13-14H,5,11-12,15H2,1H3,(H,21,23). The van der Waals surface area contributed by atoms with Gasteiger partial charge in [-0.25, -0.2) is 0 Å². The maximum absolute atomic E-state index is 12.2. The minimum Gasteiger partial charge on any atom is -0.380 e. The van der Waals surface area contributed by atoms with Gasteiger partial charge in [0.25, 0.3) is 5.91 Å². The molecular formula is C20H22N2O2. The molecule has 1 aromatic heterocycles. The molecule has 0 aliphatic carbocycles. The predicted octanol–water partition coefficient (Wildman–Crippen LogP) is 3.61. The van der Waals surface area contributed by atoms with Crippen LogP contribution < -0.4 is 5.32 Å². The minimum absolute atomic E-state index is 0.0367. The van der Waals surface area contributed by atoms with E-state index >= 15 is 0 Å². The van der Waals surface area contributed by atoms with Gasteiger partial charge in [0.15, 0.2) is 0 Å². The number of rotatable bonds is 7. The molecule has 0 saturated carbocycles. The molecule has 3 aromatic rings. The third-order valence-corrected chi connectivity index (χ3v) is 4.04. The fraction of sp³-hybridized carbons (Fsp3) is 0.250. The second kappa shape index (κ2) is 7.79. The molecule has 0 unspecified atom stereocenters. The van der Waals surface area contributed by atoms with Gasteiger partial charge in [0.2, 0.25) is 0 Å². The highest BCUT2D eigenvalue weighted by Crippen LogP contribution is 2.15. The molecule has 124 valence electrons. The second-order valence-electron chi connectivity index (χ2n) is 5.81. The van der Waals surface area contributed by atoms with Gasteiger partial charge in [0.05, 0.1) is 6.61 Å². The number of carbonyl (C=O) groups is 1. The van der Waals surface area contributed by atoms with Gasteiger partial charge in [-0.2, -0.15) is 0 Å². The van der Waals surface area contributed by atoms with Crippen molar-refractivity contribution >= 4 is 16.8 Å². The number of aromatic nitrogens is 1. The third kappa shape index (κ3) is 3.84. The molecule has 4 nitrogen and oxygen atoms in total. The van der Waals surface area contributed by atoms with Gasteiger partial charge < -0.3 is 14.6 Å². The molecular weight excluding hydrogens is 300 g/mol. The van der Waals surface area contributed by atoms with Crippen molar-refractivity contribution in [2.24, 2.45) is 0 Å². The van der Waals surface area contributed by atoms with E-state index in [0.29, 0.717) is 18.7 Å². The minimum atomic E-state index is -0.0367. The van der Waals surface area contributed by atoms with Crippen LogP contribution in [0.15, 0.2) is 60.8 Å². The smallest absolute Gasteiger partial charge is 0.251 e. The summed E-state index contributed by atoms with van der Waals surface area (Å²) in [6, 6.07) is 18.0. The van der Waals surface area contributed by atoms with Gasteiger partial charge in [-0.05, 0) is 41.6 Å². The Labute approximate surface area is 142 Å². The summed E-state index contributed by atoms with van der Waals surface area (Å²) in [6.07, 6.45) is 2.99. The Morgan fingerprint density at radius 2 is 2.00 bits per heavy atom. The summed E-state index contributed by atoms with van der Waals surface area (Å²) in [6.45, 7) is 2.05. The van der Waals surface area contributed by atoms with Crippen LogP contribution >= 0.6 is 0 Å². The average molecular weight is 322 g/mol. The van der Waals surface area contributed by atoms with Crippen molar-refractivity contribution in [2.45, 2.75) is 19.6 Å². The van der Waals surface area contributed by atoms with E-state index in [4.69, 9.17) is 4.74 Å². The zero-order valence-corrected chi connectivity index (χ0v) is 13.9. The molecule has 0 fully saturated rings. The SMILES string of the molecule is COCc1cccc(C(=O)NCCCn2ccc3ccccc32)c1. The van der Waals surface area contributed by atoms with E-state index in [0.717, 1.165) is 18.5 Å². The van der Waals surface area contributed by atoms with E-state index in [1.165, 1.54) is 10.9 Å². The fourth-order valence-electron chi connectivity index (χ4n) is 2.86. The quantitative estimate of drug-likeness (QED) is 0.675. The van der Waals surface area contributed by atoms with Crippen molar-refractivity contribution in [3.63, 3.8) is 0 Å². The van der Waals surface area contributed by atoms with Gasteiger partial charge in [0.1, 0.15) is 0 Å². The van der Waals surface area contributed by atoms with Crippen LogP contribution in [0.4, 0.5) is 0 Å². The Hall–Kier alpha value is -2.59. The molecule has 2 aromatic carbocycles. The van der Waals surface area contributed by atoms with Crippen LogP contribution in [-0.2, 0) is 17.9 Å². The number of fused-ring (bicyclic) bond motifs is 1. The monoisotopic (exact) mass is 322 g/mol. The highest BCUT2D eigenvalue weighted by Gasteiger charge is 2.06. The number of benzene rings is 2. The summed E-state index contributed by atoms with van der Waals surface area (Å²) in [5.74, 6) is -0.0367. The first-order valence-corrected chi connectivity index (χ1v) is 8.18. The maximum Gasteiger partial charge on any atom is 0.251 e. The van der Waals surface area contributed by atoms with Crippen molar-refractivity contribution in [1.82, 2.24) is 9.88 Å². The summed E-state index contributed by atoms with van der Waals surface area (Å²) < 4.78 is 7.33. The molecule has 0 bridgehead atoms. The van der Waals surface area contributed by atoms with Gasteiger partial charge in [-0.15, -0.1) is 0 Å². The number of ether oxygens (including phenoxy) is 1. The molecule has 0 radical (unpaired) electrons. The first-order valence-electron chi connectivity index (χ1n) is 8.18. The first kappa shape index (κ1) is 16.3. The molecule has 0 atom stereocenters. The summed E-state index contributed by atoms with van der Waals surface area (Å²) in [7, 11) is 1.65. The van der Waals surface area contributed by atoms with Crippen LogP contribution in [0.1, 0.15) is 22.3 Å². The van der Waals surface area contributed by atoms with Crippen molar-refractivity contribution in [3.8, 4) is 0 Å². The Kier molecular flexibility index (Phi) is 5.29. The molecule has 0 saturated heterocycles. The highest BCUT2D eigenvalue weighted by molar-refractivity contribution is 5.94. The maximum atomic E-state index is 12.2. The highest BCUT2D eigenvalue weighted by atomic mass is 16.5. The van der Waals surface area contributed by atoms with Crippen molar-refractivity contribution < 1.29 is 9.53 Å². The fourth-order valence-corrected chi connectivity index (χ4v) is 2.86. The Bertz CT molecular complexity index is 823. The molecule has 0 aliphatic rings. The number of para-hydroxylation sites is 1. The van der Waals surface area contributed by atoms with E-state index in [-0.39, 0.29) is 5.91 Å². The first-order chi connectivity index (χ1) is 11.8. The summed E-state index contributed by atoms with van der Waals surface area (Å²) in [4.78, 5) is 12.2. The lowest BCUT2D eigenvalue weighted by molar-refractivity contribution is 0.0952. The zero-order chi connectivity index (χ0) is 16.8. The zero-order valence-electron chi connectivity index (χ0n) is 13.9. The number of aryl methyl sites for hydroxylation is 1. The van der Waals surface area contributed by atoms with Crippen molar-refractivity contribution in [3.05, 3.63) is 71.9 Å². The third-order valence-electron chi connectivity index (χ3n) is 4.04.